The molecule has 0 bridgehead atoms. The van der Waals surface area contributed by atoms with Crippen molar-refractivity contribution in [2.75, 3.05) is 6.54 Å². The number of halogens is 1. The lowest BCUT2D eigenvalue weighted by atomic mass is 9.94. The summed E-state index contributed by atoms with van der Waals surface area (Å²) in [6.45, 7) is 8.89. The van der Waals surface area contributed by atoms with Crippen molar-refractivity contribution in [1.29, 1.82) is 0 Å². The molecule has 0 spiro atoms. The molecule has 0 fully saturated rings. The van der Waals surface area contributed by atoms with Crippen molar-refractivity contribution in [3.63, 3.8) is 0 Å². The van der Waals surface area contributed by atoms with Gasteiger partial charge in [-0.05, 0) is 43.9 Å². The standard InChI is InChI=1S/C15H24BrNO/c1-11(2)9-15(4,18)10-17-12(3)13-6-5-7-14(16)8-13/h5-8,11-12,17-18H,9-10H2,1-4H3. The fraction of sp³-hybridized carbons (Fsp3) is 0.600. The lowest BCUT2D eigenvalue weighted by Crippen LogP contribution is -2.39. The lowest BCUT2D eigenvalue weighted by Gasteiger charge is -2.27. The van der Waals surface area contributed by atoms with Gasteiger partial charge in [-0.25, -0.2) is 0 Å². The van der Waals surface area contributed by atoms with E-state index in [4.69, 9.17) is 0 Å². The molecule has 1 rings (SSSR count). The Morgan fingerprint density at radius 3 is 2.56 bits per heavy atom. The monoisotopic (exact) mass is 313 g/mol. The Hall–Kier alpha value is -0.380. The van der Waals surface area contributed by atoms with E-state index in [-0.39, 0.29) is 6.04 Å². The van der Waals surface area contributed by atoms with Crippen LogP contribution >= 0.6 is 15.9 Å². The van der Waals surface area contributed by atoms with Crippen LogP contribution in [0.5, 0.6) is 0 Å². The highest BCUT2D eigenvalue weighted by atomic mass is 79.9. The van der Waals surface area contributed by atoms with Crippen LogP contribution in [0.1, 0.15) is 45.7 Å². The van der Waals surface area contributed by atoms with Crippen molar-refractivity contribution in [2.24, 2.45) is 5.92 Å². The molecule has 0 saturated carbocycles. The smallest absolute Gasteiger partial charge is 0.0746 e. The Bertz CT molecular complexity index is 377. The largest absolute Gasteiger partial charge is 0.389 e. The van der Waals surface area contributed by atoms with Gasteiger partial charge in [0.25, 0.3) is 0 Å². The molecule has 2 N–H and O–H groups in total. The molecule has 0 aliphatic carbocycles. The molecular formula is C15H24BrNO. The summed E-state index contributed by atoms with van der Waals surface area (Å²) in [6.07, 6.45) is 0.811. The predicted molar refractivity (Wildman–Crippen MR) is 80.6 cm³/mol. The van der Waals surface area contributed by atoms with Crippen LogP contribution in [0.15, 0.2) is 28.7 Å². The number of nitrogens with one attached hydrogen (secondary N) is 1. The SMILES string of the molecule is CC(C)CC(C)(O)CNC(C)c1cccc(Br)c1. The van der Waals surface area contributed by atoms with E-state index in [1.807, 2.05) is 19.1 Å². The van der Waals surface area contributed by atoms with Crippen LogP contribution in [0.25, 0.3) is 0 Å². The average Bonchev–Trinajstić information content (AvgIpc) is 2.24. The minimum absolute atomic E-state index is 0.237. The number of rotatable bonds is 6. The quantitative estimate of drug-likeness (QED) is 0.835. The van der Waals surface area contributed by atoms with Crippen LogP contribution in [-0.4, -0.2) is 17.3 Å². The van der Waals surface area contributed by atoms with Crippen molar-refractivity contribution in [3.8, 4) is 0 Å². The molecular weight excluding hydrogens is 290 g/mol. The van der Waals surface area contributed by atoms with Gasteiger partial charge in [-0.1, -0.05) is 41.9 Å². The summed E-state index contributed by atoms with van der Waals surface area (Å²) in [7, 11) is 0. The van der Waals surface area contributed by atoms with Crippen molar-refractivity contribution in [2.45, 2.75) is 45.8 Å². The highest BCUT2D eigenvalue weighted by Crippen LogP contribution is 2.20. The zero-order chi connectivity index (χ0) is 13.8. The van der Waals surface area contributed by atoms with Crippen molar-refractivity contribution >= 4 is 15.9 Å². The lowest BCUT2D eigenvalue weighted by molar-refractivity contribution is 0.0363. The van der Waals surface area contributed by atoms with Gasteiger partial charge in [0.2, 0.25) is 0 Å². The molecule has 0 heterocycles. The first-order valence-electron chi connectivity index (χ1n) is 6.51. The second kappa shape index (κ2) is 6.69. The molecule has 2 unspecified atom stereocenters. The Labute approximate surface area is 119 Å². The third kappa shape index (κ3) is 5.51. The summed E-state index contributed by atoms with van der Waals surface area (Å²) >= 11 is 3.48. The van der Waals surface area contributed by atoms with Gasteiger partial charge in [0, 0.05) is 17.1 Å². The highest BCUT2D eigenvalue weighted by Gasteiger charge is 2.22. The van der Waals surface area contributed by atoms with Gasteiger partial charge in [-0.3, -0.25) is 0 Å². The normalized spacial score (nSPS) is 16.6. The summed E-state index contributed by atoms with van der Waals surface area (Å²) in [5, 5.41) is 13.7. The van der Waals surface area contributed by atoms with Gasteiger partial charge in [0.15, 0.2) is 0 Å². The molecule has 102 valence electrons. The van der Waals surface area contributed by atoms with Crippen LogP contribution < -0.4 is 5.32 Å². The van der Waals surface area contributed by atoms with E-state index < -0.39 is 5.60 Å². The van der Waals surface area contributed by atoms with Crippen LogP contribution in [0, 0.1) is 5.92 Å². The first-order valence-corrected chi connectivity index (χ1v) is 7.31. The van der Waals surface area contributed by atoms with Crippen LogP contribution in [0.4, 0.5) is 0 Å². The molecule has 0 aliphatic heterocycles. The maximum Gasteiger partial charge on any atom is 0.0746 e. The van der Waals surface area contributed by atoms with Crippen LogP contribution in [0.3, 0.4) is 0 Å². The molecule has 0 radical (unpaired) electrons. The third-order valence-corrected chi connectivity index (χ3v) is 3.48. The number of aliphatic hydroxyl groups is 1. The van der Waals surface area contributed by atoms with Crippen LogP contribution in [-0.2, 0) is 0 Å². The molecule has 2 nitrogen and oxygen atoms in total. The molecule has 0 aliphatic rings. The fourth-order valence-corrected chi connectivity index (χ4v) is 2.64. The fourth-order valence-electron chi connectivity index (χ4n) is 2.22. The Morgan fingerprint density at radius 2 is 2.00 bits per heavy atom. The molecule has 3 heteroatoms. The minimum atomic E-state index is -0.644. The highest BCUT2D eigenvalue weighted by molar-refractivity contribution is 9.10. The number of hydrogen-bond acceptors (Lipinski definition) is 2. The summed E-state index contributed by atoms with van der Waals surface area (Å²) in [6, 6.07) is 8.49. The van der Waals surface area contributed by atoms with E-state index in [2.05, 4.69) is 54.2 Å². The van der Waals surface area contributed by atoms with Gasteiger partial charge in [-0.2, -0.15) is 0 Å². The van der Waals surface area contributed by atoms with Crippen molar-refractivity contribution < 1.29 is 5.11 Å². The molecule has 0 aromatic heterocycles. The summed E-state index contributed by atoms with van der Waals surface area (Å²) in [5.41, 5.74) is 0.582. The summed E-state index contributed by atoms with van der Waals surface area (Å²) < 4.78 is 1.09. The molecule has 0 amide bonds. The maximum absolute atomic E-state index is 10.3. The van der Waals surface area contributed by atoms with Gasteiger partial charge in [0.05, 0.1) is 5.60 Å². The first-order chi connectivity index (χ1) is 8.30. The Kier molecular flexibility index (Phi) is 5.83. The average molecular weight is 314 g/mol. The third-order valence-electron chi connectivity index (χ3n) is 2.99. The Balaban J connectivity index is 2.53. The first kappa shape index (κ1) is 15.7. The van der Waals surface area contributed by atoms with Gasteiger partial charge >= 0.3 is 0 Å². The minimum Gasteiger partial charge on any atom is -0.389 e. The predicted octanol–water partition coefficient (Wildman–Crippen LogP) is 3.90. The molecule has 1 aromatic carbocycles. The second-order valence-electron chi connectivity index (χ2n) is 5.75. The van der Waals surface area contributed by atoms with Gasteiger partial charge in [-0.15, -0.1) is 0 Å². The second-order valence-corrected chi connectivity index (χ2v) is 6.67. The van der Waals surface area contributed by atoms with E-state index in [0.29, 0.717) is 12.5 Å². The molecule has 18 heavy (non-hydrogen) atoms. The van der Waals surface area contributed by atoms with E-state index in [9.17, 15) is 5.11 Å². The zero-order valence-corrected chi connectivity index (χ0v) is 13.3. The van der Waals surface area contributed by atoms with Crippen molar-refractivity contribution in [3.05, 3.63) is 34.3 Å². The van der Waals surface area contributed by atoms with Gasteiger partial charge in [0.1, 0.15) is 0 Å². The topological polar surface area (TPSA) is 32.3 Å². The maximum atomic E-state index is 10.3. The number of hydrogen-bond donors (Lipinski definition) is 2. The summed E-state index contributed by atoms with van der Waals surface area (Å²) in [4.78, 5) is 0. The van der Waals surface area contributed by atoms with E-state index >= 15 is 0 Å². The Morgan fingerprint density at radius 1 is 1.33 bits per heavy atom. The van der Waals surface area contributed by atoms with E-state index in [1.165, 1.54) is 5.56 Å². The summed E-state index contributed by atoms with van der Waals surface area (Å²) in [5.74, 6) is 0.503. The van der Waals surface area contributed by atoms with E-state index in [1.54, 1.807) is 0 Å². The molecule has 1 aromatic rings. The number of benzene rings is 1. The van der Waals surface area contributed by atoms with Gasteiger partial charge < -0.3 is 10.4 Å². The van der Waals surface area contributed by atoms with E-state index in [0.717, 1.165) is 10.9 Å². The molecule has 0 saturated heterocycles. The van der Waals surface area contributed by atoms with Crippen molar-refractivity contribution in [1.82, 2.24) is 5.32 Å². The molecule has 2 atom stereocenters. The zero-order valence-electron chi connectivity index (χ0n) is 11.7. The van der Waals surface area contributed by atoms with Crippen LogP contribution in [0.2, 0.25) is 0 Å².